The fourth-order valence-corrected chi connectivity index (χ4v) is 2.13. The molecular formula is C13H16F2O2. The zero-order valence-electron chi connectivity index (χ0n) is 9.70. The van der Waals surface area contributed by atoms with E-state index in [4.69, 9.17) is 4.74 Å². The Kier molecular flexibility index (Phi) is 3.74. The van der Waals surface area contributed by atoms with Crippen LogP contribution in [0.3, 0.4) is 0 Å². The molecule has 17 heavy (non-hydrogen) atoms. The number of aliphatic hydroxyl groups is 1. The minimum atomic E-state index is -0.788. The Morgan fingerprint density at radius 3 is 2.71 bits per heavy atom. The van der Waals surface area contributed by atoms with Crippen molar-refractivity contribution in [2.24, 2.45) is 5.92 Å². The quantitative estimate of drug-likeness (QED) is 0.858. The van der Waals surface area contributed by atoms with E-state index in [9.17, 15) is 13.9 Å². The lowest BCUT2D eigenvalue weighted by atomic mass is 10.0. The maximum Gasteiger partial charge on any atom is 0.126 e. The summed E-state index contributed by atoms with van der Waals surface area (Å²) in [5, 5.41) is 9.97. The molecule has 0 heterocycles. The van der Waals surface area contributed by atoms with Gasteiger partial charge in [0.15, 0.2) is 0 Å². The summed E-state index contributed by atoms with van der Waals surface area (Å²) >= 11 is 0. The van der Waals surface area contributed by atoms with Crippen LogP contribution in [-0.2, 0) is 11.2 Å². The molecule has 1 aromatic rings. The molecule has 2 rings (SSSR count). The Morgan fingerprint density at radius 2 is 2.12 bits per heavy atom. The molecule has 0 radical (unpaired) electrons. The molecule has 2 unspecified atom stereocenters. The van der Waals surface area contributed by atoms with Gasteiger partial charge in [-0.1, -0.05) is 0 Å². The first-order chi connectivity index (χ1) is 8.11. The van der Waals surface area contributed by atoms with Gasteiger partial charge in [0.25, 0.3) is 0 Å². The summed E-state index contributed by atoms with van der Waals surface area (Å²) in [7, 11) is 1.54. The average molecular weight is 242 g/mol. The fourth-order valence-electron chi connectivity index (χ4n) is 2.13. The lowest BCUT2D eigenvalue weighted by Gasteiger charge is -2.21. The molecule has 0 spiro atoms. The number of rotatable bonds is 5. The van der Waals surface area contributed by atoms with Crippen LogP contribution in [0.4, 0.5) is 8.78 Å². The van der Waals surface area contributed by atoms with Gasteiger partial charge in [-0.25, -0.2) is 8.78 Å². The number of benzene rings is 1. The molecular weight excluding hydrogens is 226 g/mol. The normalized spacial score (nSPS) is 19.1. The lowest BCUT2D eigenvalue weighted by molar-refractivity contribution is -0.0241. The number of ether oxygens (including phenoxy) is 1. The van der Waals surface area contributed by atoms with Gasteiger partial charge < -0.3 is 9.84 Å². The molecule has 0 aliphatic heterocycles. The molecule has 0 saturated heterocycles. The Balaban J connectivity index is 2.05. The van der Waals surface area contributed by atoms with Crippen molar-refractivity contribution in [1.82, 2.24) is 0 Å². The van der Waals surface area contributed by atoms with Gasteiger partial charge in [0.1, 0.15) is 11.6 Å². The van der Waals surface area contributed by atoms with E-state index in [-0.39, 0.29) is 18.1 Å². The standard InChI is InChI=1S/C13H16F2O2/c1-17-13(8-2-3-8)12(16)7-9-6-10(14)4-5-11(9)15/h4-6,8,12-13,16H,2-3,7H2,1H3. The van der Waals surface area contributed by atoms with E-state index in [2.05, 4.69) is 0 Å². The molecule has 1 fully saturated rings. The van der Waals surface area contributed by atoms with Crippen LogP contribution in [0, 0.1) is 17.6 Å². The number of methoxy groups -OCH3 is 1. The Hall–Kier alpha value is -1.00. The predicted molar refractivity (Wildman–Crippen MR) is 59.6 cm³/mol. The third-order valence-corrected chi connectivity index (χ3v) is 3.17. The minimum Gasteiger partial charge on any atom is -0.390 e. The van der Waals surface area contributed by atoms with E-state index in [0.717, 1.165) is 31.0 Å². The van der Waals surface area contributed by atoms with E-state index >= 15 is 0 Å². The molecule has 0 bridgehead atoms. The van der Waals surface area contributed by atoms with Gasteiger partial charge in [-0.3, -0.25) is 0 Å². The minimum absolute atomic E-state index is 0.0819. The molecule has 0 aromatic heterocycles. The van der Waals surface area contributed by atoms with Gasteiger partial charge in [0, 0.05) is 13.5 Å². The van der Waals surface area contributed by atoms with Crippen molar-refractivity contribution in [3.8, 4) is 0 Å². The van der Waals surface area contributed by atoms with Crippen molar-refractivity contribution in [3.05, 3.63) is 35.4 Å². The highest BCUT2D eigenvalue weighted by Crippen LogP contribution is 2.36. The Labute approximate surface area is 99.2 Å². The molecule has 1 N–H and O–H groups in total. The number of halogens is 2. The van der Waals surface area contributed by atoms with Gasteiger partial charge in [0.05, 0.1) is 12.2 Å². The zero-order chi connectivity index (χ0) is 12.4. The summed E-state index contributed by atoms with van der Waals surface area (Å²) in [5.41, 5.74) is 0.195. The third-order valence-electron chi connectivity index (χ3n) is 3.17. The van der Waals surface area contributed by atoms with E-state index in [1.807, 2.05) is 0 Å². The van der Waals surface area contributed by atoms with Crippen molar-refractivity contribution in [1.29, 1.82) is 0 Å². The molecule has 1 aliphatic carbocycles. The highest BCUT2D eigenvalue weighted by Gasteiger charge is 2.36. The molecule has 1 aliphatic rings. The van der Waals surface area contributed by atoms with Gasteiger partial charge in [0.2, 0.25) is 0 Å². The van der Waals surface area contributed by atoms with E-state index in [1.165, 1.54) is 7.11 Å². The summed E-state index contributed by atoms with van der Waals surface area (Å²) in [6.07, 6.45) is 1.07. The number of hydrogen-bond donors (Lipinski definition) is 1. The van der Waals surface area contributed by atoms with Gasteiger partial charge in [-0.15, -0.1) is 0 Å². The summed E-state index contributed by atoms with van der Waals surface area (Å²) in [6.45, 7) is 0. The third kappa shape index (κ3) is 3.01. The fraction of sp³-hybridized carbons (Fsp3) is 0.538. The van der Waals surface area contributed by atoms with Crippen molar-refractivity contribution >= 4 is 0 Å². The van der Waals surface area contributed by atoms with Crippen LogP contribution >= 0.6 is 0 Å². The smallest absolute Gasteiger partial charge is 0.126 e. The van der Waals surface area contributed by atoms with Crippen molar-refractivity contribution in [2.45, 2.75) is 31.5 Å². The van der Waals surface area contributed by atoms with Gasteiger partial charge in [-0.05, 0) is 42.5 Å². The SMILES string of the molecule is COC(C(O)Cc1cc(F)ccc1F)C1CC1. The van der Waals surface area contributed by atoms with Crippen molar-refractivity contribution in [2.75, 3.05) is 7.11 Å². The van der Waals surface area contributed by atoms with Crippen molar-refractivity contribution < 1.29 is 18.6 Å². The summed E-state index contributed by atoms with van der Waals surface area (Å²) in [4.78, 5) is 0. The molecule has 0 amide bonds. The number of hydrogen-bond acceptors (Lipinski definition) is 2. The second-order valence-corrected chi connectivity index (χ2v) is 4.54. The average Bonchev–Trinajstić information content (AvgIpc) is 3.09. The first-order valence-corrected chi connectivity index (χ1v) is 5.76. The molecule has 94 valence electrons. The maximum absolute atomic E-state index is 13.4. The van der Waals surface area contributed by atoms with Gasteiger partial charge in [-0.2, -0.15) is 0 Å². The second-order valence-electron chi connectivity index (χ2n) is 4.54. The first kappa shape index (κ1) is 12.5. The lowest BCUT2D eigenvalue weighted by Crippen LogP contribution is -2.32. The van der Waals surface area contributed by atoms with Crippen LogP contribution in [-0.4, -0.2) is 24.4 Å². The monoisotopic (exact) mass is 242 g/mol. The maximum atomic E-state index is 13.4. The molecule has 2 nitrogen and oxygen atoms in total. The van der Waals surface area contributed by atoms with Crippen molar-refractivity contribution in [3.63, 3.8) is 0 Å². The van der Waals surface area contributed by atoms with Crippen LogP contribution in [0.15, 0.2) is 18.2 Å². The first-order valence-electron chi connectivity index (χ1n) is 5.76. The van der Waals surface area contributed by atoms with Crippen LogP contribution in [0.5, 0.6) is 0 Å². The van der Waals surface area contributed by atoms with Crippen LogP contribution in [0.1, 0.15) is 18.4 Å². The second kappa shape index (κ2) is 5.10. The highest BCUT2D eigenvalue weighted by molar-refractivity contribution is 5.19. The summed E-state index contributed by atoms with van der Waals surface area (Å²) in [6, 6.07) is 3.27. The van der Waals surface area contributed by atoms with Gasteiger partial charge >= 0.3 is 0 Å². The van der Waals surface area contributed by atoms with Crippen LogP contribution < -0.4 is 0 Å². The summed E-state index contributed by atoms with van der Waals surface area (Å²) in [5.74, 6) is -0.628. The van der Waals surface area contributed by atoms with E-state index in [0.29, 0.717) is 5.92 Å². The van der Waals surface area contributed by atoms with Crippen LogP contribution in [0.2, 0.25) is 0 Å². The summed E-state index contributed by atoms with van der Waals surface area (Å²) < 4.78 is 31.6. The molecule has 2 atom stereocenters. The molecule has 1 aromatic carbocycles. The topological polar surface area (TPSA) is 29.5 Å². The largest absolute Gasteiger partial charge is 0.390 e. The molecule has 4 heteroatoms. The Bertz CT molecular complexity index is 391. The zero-order valence-corrected chi connectivity index (χ0v) is 9.70. The van der Waals surface area contributed by atoms with E-state index in [1.54, 1.807) is 0 Å². The predicted octanol–water partition coefficient (Wildman–Crippen LogP) is 2.29. The van der Waals surface area contributed by atoms with E-state index < -0.39 is 17.7 Å². The molecule has 1 saturated carbocycles. The Morgan fingerprint density at radius 1 is 1.41 bits per heavy atom. The number of aliphatic hydroxyl groups excluding tert-OH is 1. The van der Waals surface area contributed by atoms with Crippen LogP contribution in [0.25, 0.3) is 0 Å². The highest BCUT2D eigenvalue weighted by atomic mass is 19.1.